The predicted octanol–water partition coefficient (Wildman–Crippen LogP) is 0.992. The number of nitrogens with zero attached hydrogens (tertiary/aromatic N) is 1. The minimum Gasteiger partial charge on any atom is -1.00 e. The summed E-state index contributed by atoms with van der Waals surface area (Å²) < 4.78 is 0. The zero-order chi connectivity index (χ0) is 16.8. The van der Waals surface area contributed by atoms with Crippen LogP contribution in [0.3, 0.4) is 0 Å². The first-order valence-corrected chi connectivity index (χ1v) is 8.96. The summed E-state index contributed by atoms with van der Waals surface area (Å²) in [5.74, 6) is 0. The molecule has 3 rings (SSSR count). The molecule has 2 heterocycles. The Hall–Kier alpha value is -0.810. The molecule has 24 heavy (non-hydrogen) atoms. The Bertz CT molecular complexity index is 638. The number of quaternary nitrogens is 1. The van der Waals surface area contributed by atoms with Crippen LogP contribution in [-0.4, -0.2) is 17.1 Å². The number of para-hydroxylation sites is 1. The number of benzene rings is 1. The fraction of sp³-hybridized carbons (Fsp3) is 0.524. The van der Waals surface area contributed by atoms with Crippen LogP contribution < -0.4 is 28.9 Å². The van der Waals surface area contributed by atoms with Crippen LogP contribution in [0.15, 0.2) is 49.3 Å². The van der Waals surface area contributed by atoms with Gasteiger partial charge in [0.05, 0.1) is 11.6 Å². The van der Waals surface area contributed by atoms with Gasteiger partial charge in [-0.15, -0.1) is 6.58 Å². The average Bonchev–Trinajstić information content (AvgIpc) is 2.99. The minimum absolute atomic E-state index is 0. The van der Waals surface area contributed by atoms with Crippen LogP contribution in [0.4, 0.5) is 5.69 Å². The largest absolute Gasteiger partial charge is 1.00 e. The SMILES string of the molecule is C=CC1(C)c2ccccc2[NH+]2C=CN(C(C)C)C2[C@]1(C)CCC.[I-]. The molecule has 3 heteroatoms. The summed E-state index contributed by atoms with van der Waals surface area (Å²) >= 11 is 0. The van der Waals surface area contributed by atoms with Gasteiger partial charge in [-0.2, -0.15) is 0 Å². The van der Waals surface area contributed by atoms with Gasteiger partial charge in [0.2, 0.25) is 0 Å². The van der Waals surface area contributed by atoms with E-state index in [0.717, 1.165) is 0 Å². The third-order valence-electron chi connectivity index (χ3n) is 6.38. The highest BCUT2D eigenvalue weighted by atomic mass is 127. The second kappa shape index (κ2) is 6.83. The molecule has 1 aromatic carbocycles. The Morgan fingerprint density at radius 3 is 2.54 bits per heavy atom. The van der Waals surface area contributed by atoms with E-state index in [1.807, 2.05) is 0 Å². The molecule has 0 bridgehead atoms. The zero-order valence-electron chi connectivity index (χ0n) is 15.6. The number of hydrogen-bond acceptors (Lipinski definition) is 1. The monoisotopic (exact) mass is 438 g/mol. The molecule has 2 aliphatic rings. The molecule has 0 radical (unpaired) electrons. The Morgan fingerprint density at radius 2 is 1.96 bits per heavy atom. The molecule has 1 aromatic rings. The second-order valence-corrected chi connectivity index (χ2v) is 7.83. The van der Waals surface area contributed by atoms with E-state index in [4.69, 9.17) is 0 Å². The maximum atomic E-state index is 4.27. The van der Waals surface area contributed by atoms with Gasteiger partial charge < -0.3 is 28.9 Å². The Morgan fingerprint density at radius 1 is 1.29 bits per heavy atom. The van der Waals surface area contributed by atoms with Crippen LogP contribution >= 0.6 is 0 Å². The summed E-state index contributed by atoms with van der Waals surface area (Å²) in [6.07, 6.45) is 9.68. The van der Waals surface area contributed by atoms with Crippen molar-refractivity contribution >= 4 is 5.69 Å². The number of allylic oxidation sites excluding steroid dienone is 1. The molecule has 0 aliphatic carbocycles. The number of rotatable bonds is 4. The molecule has 1 N–H and O–H groups in total. The lowest BCUT2D eigenvalue weighted by Crippen LogP contribution is -3.11. The van der Waals surface area contributed by atoms with Crippen molar-refractivity contribution in [1.82, 2.24) is 4.90 Å². The fourth-order valence-electron chi connectivity index (χ4n) is 4.92. The van der Waals surface area contributed by atoms with Gasteiger partial charge in [0, 0.05) is 17.0 Å². The van der Waals surface area contributed by atoms with E-state index in [1.165, 1.54) is 29.0 Å². The number of fused-ring (bicyclic) bond motifs is 3. The number of hydrogen-bond donors (Lipinski definition) is 1. The third-order valence-corrected chi connectivity index (χ3v) is 6.38. The molecular formula is C21H31IN2. The van der Waals surface area contributed by atoms with Crippen LogP contribution in [0.25, 0.3) is 0 Å². The Kier molecular flexibility index (Phi) is 5.55. The molecule has 3 unspecified atom stereocenters. The quantitative estimate of drug-likeness (QED) is 0.545. The van der Waals surface area contributed by atoms with Gasteiger partial charge in [0.1, 0.15) is 11.9 Å². The van der Waals surface area contributed by atoms with Gasteiger partial charge >= 0.3 is 0 Å². The van der Waals surface area contributed by atoms with E-state index in [0.29, 0.717) is 12.2 Å². The van der Waals surface area contributed by atoms with E-state index in [-0.39, 0.29) is 34.8 Å². The lowest BCUT2D eigenvalue weighted by atomic mass is 9.55. The van der Waals surface area contributed by atoms with Crippen molar-refractivity contribution in [3.05, 3.63) is 54.9 Å². The lowest BCUT2D eigenvalue weighted by Gasteiger charge is -2.55. The summed E-state index contributed by atoms with van der Waals surface area (Å²) in [7, 11) is 0. The van der Waals surface area contributed by atoms with Gasteiger partial charge in [-0.05, 0) is 26.3 Å². The highest BCUT2D eigenvalue weighted by Crippen LogP contribution is 2.53. The molecule has 2 nitrogen and oxygen atoms in total. The summed E-state index contributed by atoms with van der Waals surface area (Å²) in [6, 6.07) is 9.44. The van der Waals surface area contributed by atoms with Crippen molar-refractivity contribution < 1.29 is 28.9 Å². The first kappa shape index (κ1) is 19.5. The van der Waals surface area contributed by atoms with E-state index >= 15 is 0 Å². The molecule has 0 amide bonds. The Labute approximate surface area is 164 Å². The molecular weight excluding hydrogens is 407 g/mol. The highest BCUT2D eigenvalue weighted by molar-refractivity contribution is 5.51. The van der Waals surface area contributed by atoms with Gasteiger partial charge in [-0.1, -0.05) is 51.5 Å². The van der Waals surface area contributed by atoms with Gasteiger partial charge in [0.25, 0.3) is 0 Å². The smallest absolute Gasteiger partial charge is 0.178 e. The van der Waals surface area contributed by atoms with E-state index in [9.17, 15) is 0 Å². The number of nitrogens with one attached hydrogen (secondary N) is 1. The molecule has 0 saturated carbocycles. The second-order valence-electron chi connectivity index (χ2n) is 7.83. The minimum atomic E-state index is -0.0209. The fourth-order valence-corrected chi connectivity index (χ4v) is 4.92. The maximum absolute atomic E-state index is 4.27. The molecule has 0 fully saturated rings. The molecule has 0 spiro atoms. The maximum Gasteiger partial charge on any atom is 0.178 e. The first-order valence-electron chi connectivity index (χ1n) is 8.96. The van der Waals surface area contributed by atoms with Crippen molar-refractivity contribution in [1.29, 1.82) is 0 Å². The standard InChI is InChI=1S/C21H30N2.HI/c1-7-13-21(6)19-22(16(3)4)14-15-23(19)18-12-10-9-11-17(18)20(21,5)8-2;/h8-12,14-16,19H,2,7,13H2,1,3-6H3;1H/t19?,20?,21-;/m0./s1. The van der Waals surface area contributed by atoms with Crippen molar-refractivity contribution in [2.75, 3.05) is 0 Å². The molecule has 2 aliphatic heterocycles. The third kappa shape index (κ3) is 2.47. The summed E-state index contributed by atoms with van der Waals surface area (Å²) in [5, 5.41) is 0. The number of halogens is 1. The zero-order valence-corrected chi connectivity index (χ0v) is 17.8. The summed E-state index contributed by atoms with van der Waals surface area (Å²) in [6.45, 7) is 16.0. The van der Waals surface area contributed by atoms with Crippen molar-refractivity contribution in [2.45, 2.75) is 65.1 Å². The van der Waals surface area contributed by atoms with E-state index in [2.05, 4.69) is 88.8 Å². The van der Waals surface area contributed by atoms with Crippen LogP contribution in [0.1, 0.15) is 53.0 Å². The molecule has 0 saturated heterocycles. The highest BCUT2D eigenvalue weighted by Gasteiger charge is 2.61. The summed E-state index contributed by atoms with van der Waals surface area (Å²) in [5.41, 5.74) is 2.97. The average molecular weight is 438 g/mol. The van der Waals surface area contributed by atoms with Crippen LogP contribution in [0.2, 0.25) is 0 Å². The molecule has 0 aromatic heterocycles. The van der Waals surface area contributed by atoms with Crippen LogP contribution in [-0.2, 0) is 5.41 Å². The van der Waals surface area contributed by atoms with Crippen molar-refractivity contribution in [3.8, 4) is 0 Å². The van der Waals surface area contributed by atoms with Crippen molar-refractivity contribution in [3.63, 3.8) is 0 Å². The predicted molar refractivity (Wildman–Crippen MR) is 97.5 cm³/mol. The van der Waals surface area contributed by atoms with Gasteiger partial charge in [0.15, 0.2) is 6.17 Å². The van der Waals surface area contributed by atoms with Crippen LogP contribution in [0, 0.1) is 5.41 Å². The first-order chi connectivity index (χ1) is 10.9. The molecule has 132 valence electrons. The van der Waals surface area contributed by atoms with Crippen LogP contribution in [0.5, 0.6) is 0 Å². The van der Waals surface area contributed by atoms with Gasteiger partial charge in [-0.3, -0.25) is 4.90 Å². The van der Waals surface area contributed by atoms with E-state index in [1.54, 1.807) is 0 Å². The topological polar surface area (TPSA) is 7.68 Å². The Balaban J connectivity index is 0.00000208. The van der Waals surface area contributed by atoms with Crippen molar-refractivity contribution in [2.24, 2.45) is 5.41 Å². The van der Waals surface area contributed by atoms with E-state index < -0.39 is 0 Å². The molecule has 4 atom stereocenters. The lowest BCUT2D eigenvalue weighted by molar-refractivity contribution is -0.827. The van der Waals surface area contributed by atoms with Gasteiger partial charge in [-0.25, -0.2) is 0 Å². The summed E-state index contributed by atoms with van der Waals surface area (Å²) in [4.78, 5) is 4.05. The normalized spacial score (nSPS) is 33.8.